The molecule has 1 aromatic carbocycles. The molecule has 0 aliphatic heterocycles. The van der Waals surface area contributed by atoms with Gasteiger partial charge in [-0.05, 0) is 32.4 Å². The summed E-state index contributed by atoms with van der Waals surface area (Å²) in [5.74, 6) is 0.179. The van der Waals surface area contributed by atoms with E-state index in [1.54, 1.807) is 12.1 Å². The van der Waals surface area contributed by atoms with Crippen molar-refractivity contribution in [2.75, 3.05) is 13.2 Å². The minimum Gasteiger partial charge on any atom is -0.484 e. The number of hydrogen-bond donors (Lipinski definition) is 2. The Morgan fingerprint density at radius 2 is 2.11 bits per heavy atom. The summed E-state index contributed by atoms with van der Waals surface area (Å²) in [5, 5.41) is 22.9. The Balaban J connectivity index is 2.86. The molecule has 19 heavy (non-hydrogen) atoms. The summed E-state index contributed by atoms with van der Waals surface area (Å²) in [6.07, 6.45) is 0. The lowest BCUT2D eigenvalue weighted by Gasteiger charge is -2.20. The van der Waals surface area contributed by atoms with Crippen molar-refractivity contribution >= 4 is 5.69 Å². The molecule has 0 aliphatic rings. The predicted molar refractivity (Wildman–Crippen MR) is 72.3 cm³/mol. The van der Waals surface area contributed by atoms with Crippen molar-refractivity contribution in [3.05, 3.63) is 33.9 Å². The summed E-state index contributed by atoms with van der Waals surface area (Å²) in [7, 11) is 0. The number of nitro benzene ring substituents is 1. The van der Waals surface area contributed by atoms with Crippen LogP contribution in [0.1, 0.15) is 26.3 Å². The molecule has 1 aromatic rings. The normalized spacial score (nSPS) is 11.4. The molecule has 2 N–H and O–H groups in total. The van der Waals surface area contributed by atoms with Gasteiger partial charge in [-0.2, -0.15) is 0 Å². The second kappa shape index (κ2) is 6.49. The fourth-order valence-electron chi connectivity index (χ4n) is 1.46. The second-order valence-electron chi connectivity index (χ2n) is 5.23. The first-order valence-electron chi connectivity index (χ1n) is 6.09. The summed E-state index contributed by atoms with van der Waals surface area (Å²) >= 11 is 0. The topological polar surface area (TPSA) is 84.6 Å². The van der Waals surface area contributed by atoms with Crippen molar-refractivity contribution in [2.45, 2.75) is 32.9 Å². The summed E-state index contributed by atoms with van der Waals surface area (Å²) in [5.41, 5.74) is 0.681. The van der Waals surface area contributed by atoms with Crippen LogP contribution in [0.15, 0.2) is 18.2 Å². The number of nitrogens with one attached hydrogen (secondary N) is 1. The molecule has 0 radical (unpaired) electrons. The van der Waals surface area contributed by atoms with Crippen molar-refractivity contribution in [2.24, 2.45) is 0 Å². The Morgan fingerprint density at radius 3 is 2.63 bits per heavy atom. The van der Waals surface area contributed by atoms with E-state index in [9.17, 15) is 10.1 Å². The van der Waals surface area contributed by atoms with Crippen molar-refractivity contribution in [3.8, 4) is 5.75 Å². The van der Waals surface area contributed by atoms with E-state index in [2.05, 4.69) is 5.32 Å². The van der Waals surface area contributed by atoms with Gasteiger partial charge in [-0.3, -0.25) is 10.1 Å². The second-order valence-corrected chi connectivity index (χ2v) is 5.23. The zero-order valence-corrected chi connectivity index (χ0v) is 11.5. The van der Waals surface area contributed by atoms with E-state index >= 15 is 0 Å². The number of aliphatic hydroxyl groups is 1. The van der Waals surface area contributed by atoms with Crippen molar-refractivity contribution in [1.82, 2.24) is 5.32 Å². The van der Waals surface area contributed by atoms with Crippen LogP contribution in [0.5, 0.6) is 5.75 Å². The Labute approximate surface area is 112 Å². The number of nitro groups is 1. The first-order valence-corrected chi connectivity index (χ1v) is 6.09. The maximum absolute atomic E-state index is 11.0. The molecule has 1 rings (SSSR count). The van der Waals surface area contributed by atoms with Crippen molar-refractivity contribution < 1.29 is 14.8 Å². The van der Waals surface area contributed by atoms with E-state index in [0.717, 1.165) is 5.56 Å². The van der Waals surface area contributed by atoms with Crippen LogP contribution in [-0.4, -0.2) is 28.8 Å². The standard InChI is InChI=1S/C13H20N2O4/c1-13(2,3)14-9-10-4-5-12(19-7-6-16)11(8-10)15(17)18/h4-5,8,14,16H,6-7,9H2,1-3H3. The molecule has 0 atom stereocenters. The molecule has 0 unspecified atom stereocenters. The molecule has 0 saturated heterocycles. The lowest BCUT2D eigenvalue weighted by Crippen LogP contribution is -2.35. The van der Waals surface area contributed by atoms with Gasteiger partial charge in [0.15, 0.2) is 5.75 Å². The van der Waals surface area contributed by atoms with Gasteiger partial charge in [-0.15, -0.1) is 0 Å². The fraction of sp³-hybridized carbons (Fsp3) is 0.538. The lowest BCUT2D eigenvalue weighted by atomic mass is 10.1. The minimum absolute atomic E-state index is 0.0421. The minimum atomic E-state index is -0.479. The van der Waals surface area contributed by atoms with Crippen LogP contribution >= 0.6 is 0 Å². The monoisotopic (exact) mass is 268 g/mol. The number of aliphatic hydroxyl groups excluding tert-OH is 1. The molecule has 0 aliphatic carbocycles. The van der Waals surface area contributed by atoms with Gasteiger partial charge in [0.2, 0.25) is 0 Å². The van der Waals surface area contributed by atoms with E-state index in [4.69, 9.17) is 9.84 Å². The molecule has 6 heteroatoms. The Bertz CT molecular complexity index is 441. The first kappa shape index (κ1) is 15.4. The number of rotatable bonds is 6. The van der Waals surface area contributed by atoms with Gasteiger partial charge < -0.3 is 15.2 Å². The van der Waals surface area contributed by atoms with Gasteiger partial charge >= 0.3 is 5.69 Å². The molecular formula is C13H20N2O4. The van der Waals surface area contributed by atoms with Crippen molar-refractivity contribution in [1.29, 1.82) is 0 Å². The SMILES string of the molecule is CC(C)(C)NCc1ccc(OCCO)c([N+](=O)[O-])c1. The van der Waals surface area contributed by atoms with Gasteiger partial charge in [-0.25, -0.2) is 0 Å². The summed E-state index contributed by atoms with van der Waals surface area (Å²) < 4.78 is 5.14. The van der Waals surface area contributed by atoms with E-state index in [0.29, 0.717) is 6.54 Å². The molecule has 0 aromatic heterocycles. The van der Waals surface area contributed by atoms with Gasteiger partial charge in [0.1, 0.15) is 6.61 Å². The largest absolute Gasteiger partial charge is 0.484 e. The molecule has 106 valence electrons. The molecule has 0 heterocycles. The highest BCUT2D eigenvalue weighted by Crippen LogP contribution is 2.28. The van der Waals surface area contributed by atoms with Crippen LogP contribution < -0.4 is 10.1 Å². The highest BCUT2D eigenvalue weighted by Gasteiger charge is 2.17. The van der Waals surface area contributed by atoms with Gasteiger partial charge in [0, 0.05) is 18.2 Å². The zero-order valence-electron chi connectivity index (χ0n) is 11.5. The summed E-state index contributed by atoms with van der Waals surface area (Å²) in [6, 6.07) is 4.83. The van der Waals surface area contributed by atoms with Crippen molar-refractivity contribution in [3.63, 3.8) is 0 Å². The zero-order chi connectivity index (χ0) is 14.5. The van der Waals surface area contributed by atoms with E-state index < -0.39 is 4.92 Å². The highest BCUT2D eigenvalue weighted by molar-refractivity contribution is 5.48. The Kier molecular flexibility index (Phi) is 5.26. The third-order valence-corrected chi connectivity index (χ3v) is 2.39. The van der Waals surface area contributed by atoms with E-state index in [1.807, 2.05) is 20.8 Å². The fourth-order valence-corrected chi connectivity index (χ4v) is 1.46. The first-order chi connectivity index (χ1) is 8.83. The van der Waals surface area contributed by atoms with Crippen LogP contribution in [0.4, 0.5) is 5.69 Å². The molecule has 0 bridgehead atoms. The molecular weight excluding hydrogens is 248 g/mol. The smallest absolute Gasteiger partial charge is 0.311 e. The highest BCUT2D eigenvalue weighted by atomic mass is 16.6. The summed E-state index contributed by atoms with van der Waals surface area (Å²) in [4.78, 5) is 10.5. The third-order valence-electron chi connectivity index (χ3n) is 2.39. The average molecular weight is 268 g/mol. The molecule has 0 saturated carbocycles. The van der Waals surface area contributed by atoms with E-state index in [-0.39, 0.29) is 30.2 Å². The average Bonchev–Trinajstić information content (AvgIpc) is 2.33. The van der Waals surface area contributed by atoms with E-state index in [1.165, 1.54) is 6.07 Å². The van der Waals surface area contributed by atoms with Crippen LogP contribution in [0.25, 0.3) is 0 Å². The maximum Gasteiger partial charge on any atom is 0.311 e. The third kappa shape index (κ3) is 5.23. The molecule has 6 nitrogen and oxygen atoms in total. The van der Waals surface area contributed by atoms with Gasteiger partial charge in [0.25, 0.3) is 0 Å². The number of ether oxygens (including phenoxy) is 1. The molecule has 0 amide bonds. The number of nitrogens with zero attached hydrogens (tertiary/aromatic N) is 1. The Hall–Kier alpha value is -1.66. The summed E-state index contributed by atoms with van der Waals surface area (Å²) in [6.45, 7) is 6.50. The molecule has 0 spiro atoms. The van der Waals surface area contributed by atoms with Crippen LogP contribution in [0, 0.1) is 10.1 Å². The maximum atomic E-state index is 11.0. The van der Waals surface area contributed by atoms with Crippen LogP contribution in [0.2, 0.25) is 0 Å². The number of hydrogen-bond acceptors (Lipinski definition) is 5. The number of benzene rings is 1. The lowest BCUT2D eigenvalue weighted by molar-refractivity contribution is -0.385. The van der Waals surface area contributed by atoms with Crippen LogP contribution in [-0.2, 0) is 6.54 Å². The molecule has 0 fully saturated rings. The van der Waals surface area contributed by atoms with Gasteiger partial charge in [0.05, 0.1) is 11.5 Å². The quantitative estimate of drug-likeness (QED) is 0.607. The van der Waals surface area contributed by atoms with Crippen LogP contribution in [0.3, 0.4) is 0 Å². The van der Waals surface area contributed by atoms with Gasteiger partial charge in [-0.1, -0.05) is 6.07 Å². The Morgan fingerprint density at radius 1 is 1.42 bits per heavy atom. The predicted octanol–water partition coefficient (Wildman–Crippen LogP) is 1.85.